The fourth-order valence-corrected chi connectivity index (χ4v) is 5.77. The Bertz CT molecular complexity index is 2040. The van der Waals surface area contributed by atoms with Crippen molar-refractivity contribution in [3.8, 4) is 0 Å². The molecular formula is C37H40F3N7O3. The summed E-state index contributed by atoms with van der Waals surface area (Å²) < 4.78 is 33.9. The molecule has 3 aromatic heterocycles. The molecule has 3 aromatic carbocycles. The van der Waals surface area contributed by atoms with Crippen LogP contribution >= 0.6 is 0 Å². The molecule has 0 aliphatic heterocycles. The largest absolute Gasteiger partial charge is 0.490 e. The Morgan fingerprint density at radius 3 is 2.00 bits per heavy atom. The lowest BCUT2D eigenvalue weighted by molar-refractivity contribution is -0.192. The molecular weight excluding hydrogens is 647 g/mol. The molecule has 0 bridgehead atoms. The number of rotatable bonds is 12. The van der Waals surface area contributed by atoms with Crippen LogP contribution in [0, 0.1) is 0 Å². The van der Waals surface area contributed by atoms with E-state index in [0.717, 1.165) is 59.3 Å². The molecule has 50 heavy (non-hydrogen) atoms. The Morgan fingerprint density at radius 2 is 1.40 bits per heavy atom. The highest BCUT2D eigenvalue weighted by atomic mass is 19.4. The minimum absolute atomic E-state index is 0.226. The molecule has 0 aliphatic rings. The lowest BCUT2D eigenvalue weighted by atomic mass is 10.0. The standard InChI is InChI=1S/C35H39N7O.C2HF3O2/c1-35(2,36)34(43)39-31(21-26-23-38-30-17-9-7-15-28(26)30)33-41-40-32(42(33)20-19-24-11-4-3-5-12-24)18-10-13-25-22-37-29-16-8-6-14-27(25)29;3-2(4,5)1(6)7/h3-9,11-12,14-17,22-23,31,37-38H,10,13,18-21,36H2,1-2H3,(H,39,43);(H,6,7)/t31-;/m1./s1. The van der Waals surface area contributed by atoms with Crippen molar-refractivity contribution >= 4 is 33.7 Å². The van der Waals surface area contributed by atoms with Gasteiger partial charge >= 0.3 is 12.1 Å². The zero-order valence-electron chi connectivity index (χ0n) is 27.8. The third-order valence-electron chi connectivity index (χ3n) is 8.39. The second-order valence-electron chi connectivity index (χ2n) is 12.7. The first-order valence-electron chi connectivity index (χ1n) is 16.3. The zero-order valence-corrected chi connectivity index (χ0v) is 27.8. The van der Waals surface area contributed by atoms with Crippen molar-refractivity contribution in [1.82, 2.24) is 30.0 Å². The summed E-state index contributed by atoms with van der Waals surface area (Å²) in [7, 11) is 0. The second kappa shape index (κ2) is 15.4. The maximum absolute atomic E-state index is 13.2. The number of aryl methyl sites for hydroxylation is 3. The zero-order chi connectivity index (χ0) is 35.9. The molecule has 0 saturated heterocycles. The highest BCUT2D eigenvalue weighted by Crippen LogP contribution is 2.26. The molecule has 6 rings (SSSR count). The smallest absolute Gasteiger partial charge is 0.475 e. The summed E-state index contributed by atoms with van der Waals surface area (Å²) in [6.07, 6.45) is 3.07. The highest BCUT2D eigenvalue weighted by Gasteiger charge is 2.38. The minimum atomic E-state index is -5.08. The van der Waals surface area contributed by atoms with Crippen molar-refractivity contribution in [2.24, 2.45) is 5.73 Å². The lowest BCUT2D eigenvalue weighted by Crippen LogP contribution is -2.50. The van der Waals surface area contributed by atoms with Crippen LogP contribution in [0.4, 0.5) is 13.2 Å². The van der Waals surface area contributed by atoms with Crippen LogP contribution in [0.1, 0.15) is 54.6 Å². The van der Waals surface area contributed by atoms with Gasteiger partial charge in [0.05, 0.1) is 11.6 Å². The number of aliphatic carboxylic acids is 1. The van der Waals surface area contributed by atoms with Crippen LogP contribution in [0.2, 0.25) is 0 Å². The molecule has 6 N–H and O–H groups in total. The van der Waals surface area contributed by atoms with Crippen molar-refractivity contribution in [3.63, 3.8) is 0 Å². The van der Waals surface area contributed by atoms with Crippen molar-refractivity contribution in [3.05, 3.63) is 120 Å². The van der Waals surface area contributed by atoms with Crippen molar-refractivity contribution in [2.75, 3.05) is 0 Å². The molecule has 1 amide bonds. The molecule has 0 aliphatic carbocycles. The van der Waals surface area contributed by atoms with E-state index in [1.807, 2.05) is 24.4 Å². The number of nitrogens with one attached hydrogen (secondary N) is 3. The highest BCUT2D eigenvalue weighted by molar-refractivity contribution is 5.86. The van der Waals surface area contributed by atoms with Gasteiger partial charge in [0.25, 0.3) is 0 Å². The number of benzene rings is 3. The summed E-state index contributed by atoms with van der Waals surface area (Å²) in [5.41, 5.74) is 11.1. The van der Waals surface area contributed by atoms with Crippen molar-refractivity contribution in [2.45, 2.75) is 70.3 Å². The van der Waals surface area contributed by atoms with Gasteiger partial charge < -0.3 is 30.7 Å². The first kappa shape index (κ1) is 35.9. The Kier molecular flexibility index (Phi) is 11.1. The Balaban J connectivity index is 0.000000630. The number of H-pyrrole nitrogens is 2. The van der Waals surface area contributed by atoms with E-state index in [9.17, 15) is 18.0 Å². The van der Waals surface area contributed by atoms with Gasteiger partial charge in [-0.25, -0.2) is 4.79 Å². The van der Waals surface area contributed by atoms with Gasteiger partial charge in [-0.3, -0.25) is 4.79 Å². The predicted molar refractivity (Wildman–Crippen MR) is 185 cm³/mol. The summed E-state index contributed by atoms with van der Waals surface area (Å²) >= 11 is 0. The third-order valence-corrected chi connectivity index (χ3v) is 8.39. The summed E-state index contributed by atoms with van der Waals surface area (Å²) in [5.74, 6) is -1.31. The number of alkyl halides is 3. The van der Waals surface area contributed by atoms with E-state index in [1.54, 1.807) is 13.8 Å². The van der Waals surface area contributed by atoms with Crippen LogP contribution < -0.4 is 11.1 Å². The van der Waals surface area contributed by atoms with Gasteiger partial charge in [-0.15, -0.1) is 10.2 Å². The SMILES string of the molecule is CC(C)(N)C(=O)N[C@H](Cc1c[nH]c2ccccc12)c1nnc(CCCc2c[nH]c3ccccc23)n1CCc1ccccc1.O=C(O)C(F)(F)F. The number of hydrogen-bond donors (Lipinski definition) is 5. The summed E-state index contributed by atoms with van der Waals surface area (Å²) in [5, 5.41) is 22.2. The number of carboxylic acids is 1. The quantitative estimate of drug-likeness (QED) is 0.0999. The van der Waals surface area contributed by atoms with E-state index in [4.69, 9.17) is 25.8 Å². The Morgan fingerprint density at radius 1 is 0.840 bits per heavy atom. The molecule has 0 fully saturated rings. The number of nitrogens with zero attached hydrogens (tertiary/aromatic N) is 3. The average Bonchev–Trinajstić information content (AvgIpc) is 3.81. The first-order valence-corrected chi connectivity index (χ1v) is 16.3. The number of amides is 1. The normalized spacial score (nSPS) is 12.4. The van der Waals surface area contributed by atoms with E-state index < -0.39 is 23.7 Å². The summed E-state index contributed by atoms with van der Waals surface area (Å²) in [4.78, 5) is 28.9. The van der Waals surface area contributed by atoms with Gasteiger partial charge in [0.2, 0.25) is 5.91 Å². The molecule has 0 saturated carbocycles. The number of hydrogen-bond acceptors (Lipinski definition) is 5. The fraction of sp³-hybridized carbons (Fsp3) is 0.297. The molecule has 13 heteroatoms. The van der Waals surface area contributed by atoms with E-state index in [1.165, 1.54) is 16.5 Å². The van der Waals surface area contributed by atoms with Crippen molar-refractivity contribution < 1.29 is 27.9 Å². The maximum atomic E-state index is 13.2. The van der Waals surface area contributed by atoms with Gasteiger partial charge in [-0.05, 0) is 61.9 Å². The van der Waals surface area contributed by atoms with Gasteiger partial charge in [0.15, 0.2) is 5.82 Å². The Labute approximate surface area is 286 Å². The van der Waals surface area contributed by atoms with Crippen LogP contribution in [0.3, 0.4) is 0 Å². The van der Waals surface area contributed by atoms with Gasteiger partial charge in [-0.2, -0.15) is 13.2 Å². The molecule has 10 nitrogen and oxygen atoms in total. The van der Waals surface area contributed by atoms with Crippen LogP contribution in [-0.4, -0.2) is 53.4 Å². The maximum Gasteiger partial charge on any atom is 0.490 e. The number of carboxylic acid groups (broad SMARTS) is 1. The molecule has 0 unspecified atom stereocenters. The molecule has 0 spiro atoms. The summed E-state index contributed by atoms with van der Waals surface area (Å²) in [6.45, 7) is 4.16. The van der Waals surface area contributed by atoms with E-state index in [-0.39, 0.29) is 5.91 Å². The number of aromatic amines is 2. The van der Waals surface area contributed by atoms with Gasteiger partial charge in [0, 0.05) is 53.6 Å². The number of fused-ring (bicyclic) bond motifs is 2. The van der Waals surface area contributed by atoms with Gasteiger partial charge in [0.1, 0.15) is 5.82 Å². The van der Waals surface area contributed by atoms with E-state index >= 15 is 0 Å². The van der Waals surface area contributed by atoms with Crippen LogP contribution in [-0.2, 0) is 41.8 Å². The van der Waals surface area contributed by atoms with Crippen LogP contribution in [0.25, 0.3) is 21.8 Å². The van der Waals surface area contributed by atoms with Crippen molar-refractivity contribution in [1.29, 1.82) is 0 Å². The topological polar surface area (TPSA) is 155 Å². The number of nitrogens with two attached hydrogens (primary N) is 1. The lowest BCUT2D eigenvalue weighted by Gasteiger charge is -2.25. The van der Waals surface area contributed by atoms with E-state index in [2.05, 4.69) is 86.7 Å². The number of halogens is 3. The first-order chi connectivity index (χ1) is 23.8. The monoisotopic (exact) mass is 687 g/mol. The predicted octanol–water partition coefficient (Wildman–Crippen LogP) is 6.43. The van der Waals surface area contributed by atoms with E-state index in [0.29, 0.717) is 13.0 Å². The minimum Gasteiger partial charge on any atom is -0.475 e. The fourth-order valence-electron chi connectivity index (χ4n) is 5.77. The Hall–Kier alpha value is -5.43. The number of carbonyl (C=O) groups is 2. The van der Waals surface area contributed by atoms with Crippen LogP contribution in [0.15, 0.2) is 91.3 Å². The summed E-state index contributed by atoms with van der Waals surface area (Å²) in [6, 6.07) is 26.7. The average molecular weight is 688 g/mol. The number of aromatic nitrogens is 5. The molecule has 3 heterocycles. The van der Waals surface area contributed by atoms with Gasteiger partial charge in [-0.1, -0.05) is 66.7 Å². The van der Waals surface area contributed by atoms with Crippen LogP contribution in [0.5, 0.6) is 0 Å². The molecule has 0 radical (unpaired) electrons. The molecule has 262 valence electrons. The third kappa shape index (κ3) is 8.97. The molecule has 6 aromatic rings. The number of para-hydroxylation sites is 2. The second-order valence-corrected chi connectivity index (χ2v) is 12.7. The number of carbonyl (C=O) groups excluding carboxylic acids is 1. The molecule has 1 atom stereocenters.